The highest BCUT2D eigenvalue weighted by molar-refractivity contribution is 6.30. The quantitative estimate of drug-likeness (QED) is 0.477. The number of rotatable bonds is 4. The molecule has 2 aromatic rings. The minimum absolute atomic E-state index is 0.0681. The van der Waals surface area contributed by atoms with Crippen molar-refractivity contribution in [3.63, 3.8) is 0 Å². The molecule has 0 aliphatic rings. The van der Waals surface area contributed by atoms with Crippen LogP contribution in [0.25, 0.3) is 0 Å². The normalized spacial score (nSPS) is 13.3. The van der Waals surface area contributed by atoms with E-state index in [0.717, 1.165) is 17.7 Å². The first-order valence-corrected chi connectivity index (χ1v) is 7.73. The molecule has 9 heteroatoms. The molecule has 0 saturated carbocycles. The molecule has 0 atom stereocenters. The first-order valence-electron chi connectivity index (χ1n) is 7.36. The van der Waals surface area contributed by atoms with E-state index >= 15 is 0 Å². The summed E-state index contributed by atoms with van der Waals surface area (Å²) >= 11 is 5.78. The van der Waals surface area contributed by atoms with Gasteiger partial charge in [0, 0.05) is 5.02 Å². The van der Waals surface area contributed by atoms with E-state index in [1.807, 2.05) is 0 Å². The van der Waals surface area contributed by atoms with Gasteiger partial charge in [0.15, 0.2) is 0 Å². The zero-order valence-corrected chi connectivity index (χ0v) is 14.4. The Morgan fingerprint density at radius 3 is 2.23 bits per heavy atom. The Hall–Kier alpha value is -2.87. The van der Waals surface area contributed by atoms with E-state index in [1.54, 1.807) is 31.2 Å². The van der Waals surface area contributed by atoms with Crippen molar-refractivity contribution >= 4 is 29.5 Å². The maximum atomic E-state index is 12.5. The maximum absolute atomic E-state index is 12.5. The third-order valence-corrected chi connectivity index (χ3v) is 3.45. The van der Waals surface area contributed by atoms with Crippen LogP contribution < -0.4 is 11.2 Å². The lowest BCUT2D eigenvalue weighted by Gasteiger charge is -2.07. The van der Waals surface area contributed by atoms with Crippen LogP contribution in [0.15, 0.2) is 63.8 Å². The maximum Gasteiger partial charge on any atom is 0.416 e. The minimum atomic E-state index is -4.38. The van der Waals surface area contributed by atoms with Gasteiger partial charge in [-0.05, 0) is 42.3 Å². The number of benzene rings is 2. The molecule has 0 aliphatic carbocycles. The second kappa shape index (κ2) is 8.48. The molecule has 0 aliphatic heterocycles. The van der Waals surface area contributed by atoms with E-state index in [4.69, 9.17) is 17.3 Å². The summed E-state index contributed by atoms with van der Waals surface area (Å²) in [6.07, 6.45) is -2.86. The van der Waals surface area contributed by atoms with Crippen molar-refractivity contribution in [2.24, 2.45) is 21.0 Å². The van der Waals surface area contributed by atoms with Crippen LogP contribution >= 0.6 is 11.6 Å². The van der Waals surface area contributed by atoms with Crippen molar-refractivity contribution in [2.75, 3.05) is 0 Å². The third kappa shape index (κ3) is 5.89. The topological polar surface area (TPSA) is 75.1 Å². The van der Waals surface area contributed by atoms with Gasteiger partial charge in [-0.1, -0.05) is 35.9 Å². The molecule has 0 heterocycles. The van der Waals surface area contributed by atoms with Crippen LogP contribution in [0.5, 0.6) is 0 Å². The van der Waals surface area contributed by atoms with E-state index in [1.165, 1.54) is 18.3 Å². The highest BCUT2D eigenvalue weighted by Gasteiger charge is 2.29. The van der Waals surface area contributed by atoms with Gasteiger partial charge in [-0.25, -0.2) is 5.43 Å². The molecule has 0 unspecified atom stereocenters. The van der Waals surface area contributed by atoms with Crippen LogP contribution in [0.2, 0.25) is 5.02 Å². The number of nitrogens with two attached hydrogens (primary N) is 1. The summed E-state index contributed by atoms with van der Waals surface area (Å²) in [5.74, 6) is -0.0681. The van der Waals surface area contributed by atoms with Crippen molar-refractivity contribution in [1.29, 1.82) is 0 Å². The molecule has 0 fully saturated rings. The number of halogens is 4. The molecule has 0 aromatic heterocycles. The summed E-state index contributed by atoms with van der Waals surface area (Å²) in [5.41, 5.74) is 9.09. The van der Waals surface area contributed by atoms with Crippen LogP contribution in [0.3, 0.4) is 0 Å². The molecular formula is C17H15ClF3N5. The van der Waals surface area contributed by atoms with Gasteiger partial charge in [0.1, 0.15) is 0 Å². The molecule has 0 radical (unpaired) electrons. The summed E-state index contributed by atoms with van der Waals surface area (Å²) in [6, 6.07) is 11.6. The Kier molecular flexibility index (Phi) is 6.35. The van der Waals surface area contributed by atoms with E-state index in [2.05, 4.69) is 20.7 Å². The minimum Gasteiger partial charge on any atom is -0.367 e. The molecule has 3 N–H and O–H groups in total. The highest BCUT2D eigenvalue weighted by Crippen LogP contribution is 2.29. The van der Waals surface area contributed by atoms with Gasteiger partial charge in [-0.3, -0.25) is 0 Å². The molecule has 0 amide bonds. The van der Waals surface area contributed by atoms with Crippen LogP contribution in [-0.4, -0.2) is 17.9 Å². The lowest BCUT2D eigenvalue weighted by molar-refractivity contribution is -0.137. The summed E-state index contributed by atoms with van der Waals surface area (Å²) in [5, 5.41) is 12.1. The lowest BCUT2D eigenvalue weighted by atomic mass is 10.1. The fourth-order valence-corrected chi connectivity index (χ4v) is 1.96. The van der Waals surface area contributed by atoms with Crippen LogP contribution in [0.1, 0.15) is 23.6 Å². The predicted octanol–water partition coefficient (Wildman–Crippen LogP) is 4.02. The number of nitrogens with zero attached hydrogens (tertiary/aromatic N) is 3. The Morgan fingerprint density at radius 1 is 1.04 bits per heavy atom. The average Bonchev–Trinajstić information content (AvgIpc) is 2.61. The SMILES string of the molecule is CC(=NN=C(N)NN=Cc1ccc(Cl)cc1)c1ccc(C(F)(F)F)cc1. The van der Waals surface area contributed by atoms with E-state index in [-0.39, 0.29) is 5.96 Å². The monoisotopic (exact) mass is 381 g/mol. The molecule has 26 heavy (non-hydrogen) atoms. The van der Waals surface area contributed by atoms with Gasteiger partial charge in [0.05, 0.1) is 17.5 Å². The van der Waals surface area contributed by atoms with Crippen LogP contribution in [0.4, 0.5) is 13.2 Å². The zero-order valence-electron chi connectivity index (χ0n) is 13.6. The fraction of sp³-hybridized carbons (Fsp3) is 0.118. The second-order valence-electron chi connectivity index (χ2n) is 5.17. The number of guanidine groups is 1. The van der Waals surface area contributed by atoms with Crippen molar-refractivity contribution in [2.45, 2.75) is 13.1 Å². The lowest BCUT2D eigenvalue weighted by Crippen LogP contribution is -2.26. The molecule has 2 aromatic carbocycles. The van der Waals surface area contributed by atoms with Crippen LogP contribution in [0, 0.1) is 0 Å². The zero-order chi connectivity index (χ0) is 19.2. The molecule has 136 valence electrons. The first kappa shape index (κ1) is 19.5. The Labute approximate surface area is 153 Å². The molecule has 0 saturated heterocycles. The number of alkyl halides is 3. The van der Waals surface area contributed by atoms with Crippen molar-refractivity contribution < 1.29 is 13.2 Å². The summed E-state index contributed by atoms with van der Waals surface area (Å²) < 4.78 is 37.6. The average molecular weight is 382 g/mol. The van der Waals surface area contributed by atoms with Crippen molar-refractivity contribution in [1.82, 2.24) is 5.43 Å². The Bertz CT molecular complexity index is 825. The van der Waals surface area contributed by atoms with Crippen molar-refractivity contribution in [3.8, 4) is 0 Å². The number of nitrogens with one attached hydrogen (secondary N) is 1. The Morgan fingerprint density at radius 2 is 1.65 bits per heavy atom. The van der Waals surface area contributed by atoms with Gasteiger partial charge >= 0.3 is 6.18 Å². The number of hydrogen-bond donors (Lipinski definition) is 2. The van der Waals surface area contributed by atoms with Gasteiger partial charge in [0.25, 0.3) is 0 Å². The molecular weight excluding hydrogens is 367 g/mol. The second-order valence-corrected chi connectivity index (χ2v) is 5.60. The number of hydrogen-bond acceptors (Lipinski definition) is 3. The smallest absolute Gasteiger partial charge is 0.367 e. The summed E-state index contributed by atoms with van der Waals surface area (Å²) in [7, 11) is 0. The van der Waals surface area contributed by atoms with Gasteiger partial charge in [0.2, 0.25) is 5.96 Å². The van der Waals surface area contributed by atoms with Crippen molar-refractivity contribution in [3.05, 3.63) is 70.2 Å². The molecule has 2 rings (SSSR count). The van der Waals surface area contributed by atoms with Gasteiger partial charge in [-0.2, -0.15) is 23.4 Å². The van der Waals surface area contributed by atoms with E-state index in [9.17, 15) is 13.2 Å². The molecule has 5 nitrogen and oxygen atoms in total. The molecule has 0 spiro atoms. The summed E-state index contributed by atoms with van der Waals surface area (Å²) in [6.45, 7) is 1.61. The van der Waals surface area contributed by atoms with E-state index in [0.29, 0.717) is 16.3 Å². The van der Waals surface area contributed by atoms with E-state index < -0.39 is 11.7 Å². The highest BCUT2D eigenvalue weighted by atomic mass is 35.5. The Balaban J connectivity index is 1.98. The van der Waals surface area contributed by atoms with Crippen LogP contribution in [-0.2, 0) is 6.18 Å². The number of hydrazone groups is 1. The largest absolute Gasteiger partial charge is 0.416 e. The van der Waals surface area contributed by atoms with Gasteiger partial charge in [-0.15, -0.1) is 5.10 Å². The molecule has 0 bridgehead atoms. The first-order chi connectivity index (χ1) is 12.3. The summed E-state index contributed by atoms with van der Waals surface area (Å²) in [4.78, 5) is 0. The van der Waals surface area contributed by atoms with Gasteiger partial charge < -0.3 is 5.73 Å². The standard InChI is InChI=1S/C17H15ClF3N5/c1-11(13-4-6-14(7-5-13)17(19,20)21)24-26-16(22)25-23-10-12-2-8-15(18)9-3-12/h2-10H,1H3,(H3,22,25,26). The fourth-order valence-electron chi connectivity index (χ4n) is 1.83. The predicted molar refractivity (Wildman–Crippen MR) is 97.5 cm³/mol. The third-order valence-electron chi connectivity index (χ3n) is 3.20.